The number of allylic oxidation sites excluding steroid dienone is 5. The number of hydrogen-bond donors (Lipinski definition) is 1. The zero-order chi connectivity index (χ0) is 12.0. The molecule has 0 unspecified atom stereocenters. The maximum absolute atomic E-state index is 6.12. The highest BCUT2D eigenvalue weighted by atomic mass is 14.6. The molecule has 0 heterocycles. The highest BCUT2D eigenvalue weighted by Crippen LogP contribution is 2.19. The Hall–Kier alpha value is -0.915. The monoisotopic (exact) mass is 205 g/mol. The maximum atomic E-state index is 6.12. The highest BCUT2D eigenvalue weighted by Gasteiger charge is 2.07. The second-order valence-electron chi connectivity index (χ2n) is 4.83. The minimum atomic E-state index is 0.471. The van der Waals surface area contributed by atoms with E-state index in [0.717, 1.165) is 12.1 Å². The van der Waals surface area contributed by atoms with Gasteiger partial charge in [-0.1, -0.05) is 51.9 Å². The summed E-state index contributed by atoms with van der Waals surface area (Å²) in [5.74, 6) is 1.08. The van der Waals surface area contributed by atoms with Crippen LogP contribution in [0.4, 0.5) is 0 Å². The smallest absolute Gasteiger partial charge is 0.139 e. The average Bonchev–Trinajstić information content (AvgIpc) is 2.11. The Morgan fingerprint density at radius 1 is 1.33 bits per heavy atom. The van der Waals surface area contributed by atoms with Gasteiger partial charge in [-0.05, 0) is 23.8 Å². The van der Waals surface area contributed by atoms with Crippen LogP contribution in [0.3, 0.4) is 0 Å². The third-order valence-electron chi connectivity index (χ3n) is 2.33. The third-order valence-corrected chi connectivity index (χ3v) is 2.33. The molecular formula is C13H24BN. The Morgan fingerprint density at radius 2 is 1.87 bits per heavy atom. The molecule has 0 aromatic carbocycles. The van der Waals surface area contributed by atoms with Crippen LogP contribution in [0.1, 0.15) is 34.1 Å². The molecule has 0 aliphatic heterocycles. The molecule has 2 heteroatoms. The van der Waals surface area contributed by atoms with Crippen molar-refractivity contribution in [3.05, 3.63) is 35.5 Å². The molecule has 0 amide bonds. The van der Waals surface area contributed by atoms with Gasteiger partial charge in [-0.3, -0.25) is 0 Å². The van der Waals surface area contributed by atoms with E-state index in [2.05, 4.69) is 48.2 Å². The lowest BCUT2D eigenvalue weighted by molar-refractivity contribution is 0.624. The van der Waals surface area contributed by atoms with E-state index >= 15 is 0 Å². The van der Waals surface area contributed by atoms with Gasteiger partial charge in [0.25, 0.3) is 0 Å². The molecule has 2 N–H and O–H groups in total. The first-order valence-corrected chi connectivity index (χ1v) is 5.67. The lowest BCUT2D eigenvalue weighted by Crippen LogP contribution is -2.09. The van der Waals surface area contributed by atoms with E-state index in [9.17, 15) is 0 Å². The lowest BCUT2D eigenvalue weighted by Gasteiger charge is -2.14. The fraction of sp³-hybridized carbons (Fsp3) is 0.538. The second-order valence-corrected chi connectivity index (χ2v) is 4.83. The van der Waals surface area contributed by atoms with Crippen molar-refractivity contribution in [2.75, 3.05) is 0 Å². The minimum Gasteiger partial charge on any atom is -0.402 e. The maximum Gasteiger partial charge on any atom is 0.139 e. The lowest BCUT2D eigenvalue weighted by atomic mass is 9.88. The van der Waals surface area contributed by atoms with Crippen LogP contribution in [0, 0.1) is 11.8 Å². The number of rotatable bonds is 5. The first kappa shape index (κ1) is 14.1. The summed E-state index contributed by atoms with van der Waals surface area (Å²) in [7, 11) is 2.05. The molecule has 0 saturated carbocycles. The zero-order valence-corrected chi connectivity index (χ0v) is 10.8. The van der Waals surface area contributed by atoms with Gasteiger partial charge >= 0.3 is 0 Å². The van der Waals surface area contributed by atoms with Crippen molar-refractivity contribution in [3.8, 4) is 0 Å². The average molecular weight is 205 g/mol. The SMILES string of the molecule is B/C(C=C)=C/C(=C(/N)CC(C)C)C(C)C. The van der Waals surface area contributed by atoms with Crippen LogP contribution in [-0.2, 0) is 0 Å². The van der Waals surface area contributed by atoms with Crippen molar-refractivity contribution in [2.45, 2.75) is 34.1 Å². The first-order chi connectivity index (χ1) is 6.88. The Balaban J connectivity index is 5.02. The fourth-order valence-electron chi connectivity index (χ4n) is 1.49. The highest BCUT2D eigenvalue weighted by molar-refractivity contribution is 6.23. The standard InChI is InChI=1S/C13H24BN/c1-6-11(14)8-12(10(4)5)13(15)7-9(2)3/h6,8-10H,1,7,14-15H2,2-5H3/b11-8+,13-12-. The molecule has 0 aliphatic carbocycles. The molecule has 0 rings (SSSR count). The quantitative estimate of drug-likeness (QED) is 0.541. The van der Waals surface area contributed by atoms with E-state index in [1.165, 1.54) is 11.0 Å². The molecule has 0 aromatic rings. The molecule has 0 bridgehead atoms. The molecule has 0 aromatic heterocycles. The molecule has 0 spiro atoms. The normalized spacial score (nSPS) is 14.4. The summed E-state index contributed by atoms with van der Waals surface area (Å²) in [5.41, 5.74) is 9.56. The molecule has 0 radical (unpaired) electrons. The van der Waals surface area contributed by atoms with Crippen LogP contribution in [0.2, 0.25) is 0 Å². The summed E-state index contributed by atoms with van der Waals surface area (Å²) < 4.78 is 0. The predicted molar refractivity (Wildman–Crippen MR) is 72.3 cm³/mol. The van der Waals surface area contributed by atoms with Crippen LogP contribution < -0.4 is 5.73 Å². The van der Waals surface area contributed by atoms with Crippen molar-refractivity contribution in [1.82, 2.24) is 0 Å². The summed E-state index contributed by atoms with van der Waals surface area (Å²) in [5, 5.41) is 0. The van der Waals surface area contributed by atoms with Crippen LogP contribution in [0.25, 0.3) is 0 Å². The van der Waals surface area contributed by atoms with Crippen molar-refractivity contribution in [2.24, 2.45) is 17.6 Å². The summed E-state index contributed by atoms with van der Waals surface area (Å²) in [6.07, 6.45) is 4.98. The summed E-state index contributed by atoms with van der Waals surface area (Å²) in [6, 6.07) is 0. The number of nitrogens with two attached hydrogens (primary N) is 1. The predicted octanol–water partition coefficient (Wildman–Crippen LogP) is 2.60. The van der Waals surface area contributed by atoms with Crippen LogP contribution in [0.5, 0.6) is 0 Å². The Bertz CT molecular complexity index is 272. The molecular weight excluding hydrogens is 181 g/mol. The van der Waals surface area contributed by atoms with E-state index in [-0.39, 0.29) is 0 Å². The van der Waals surface area contributed by atoms with Gasteiger partial charge < -0.3 is 5.73 Å². The molecule has 0 fully saturated rings. The summed E-state index contributed by atoms with van der Waals surface area (Å²) >= 11 is 0. The van der Waals surface area contributed by atoms with Crippen molar-refractivity contribution >= 4 is 7.85 Å². The Morgan fingerprint density at radius 3 is 2.20 bits per heavy atom. The third kappa shape index (κ3) is 5.51. The molecule has 0 saturated heterocycles. The van der Waals surface area contributed by atoms with Crippen LogP contribution in [-0.4, -0.2) is 7.85 Å². The second kappa shape index (κ2) is 6.55. The van der Waals surface area contributed by atoms with Gasteiger partial charge in [0, 0.05) is 5.70 Å². The summed E-state index contributed by atoms with van der Waals surface area (Å²) in [6.45, 7) is 12.5. The van der Waals surface area contributed by atoms with E-state index in [1.807, 2.05) is 6.08 Å². The van der Waals surface area contributed by atoms with Gasteiger partial charge in [0.05, 0.1) is 0 Å². The van der Waals surface area contributed by atoms with Gasteiger partial charge in [0.1, 0.15) is 7.85 Å². The largest absolute Gasteiger partial charge is 0.402 e. The fourth-order valence-corrected chi connectivity index (χ4v) is 1.49. The first-order valence-electron chi connectivity index (χ1n) is 5.67. The van der Waals surface area contributed by atoms with E-state index in [1.54, 1.807) is 0 Å². The molecule has 1 nitrogen and oxygen atoms in total. The van der Waals surface area contributed by atoms with Crippen LogP contribution >= 0.6 is 0 Å². The molecule has 0 atom stereocenters. The number of hydrogen-bond acceptors (Lipinski definition) is 1. The van der Waals surface area contributed by atoms with E-state index < -0.39 is 0 Å². The minimum absolute atomic E-state index is 0.471. The van der Waals surface area contributed by atoms with Gasteiger partial charge in [-0.2, -0.15) is 0 Å². The van der Waals surface area contributed by atoms with Crippen LogP contribution in [0.15, 0.2) is 35.5 Å². The topological polar surface area (TPSA) is 26.0 Å². The van der Waals surface area contributed by atoms with Gasteiger partial charge in [0.15, 0.2) is 0 Å². The Labute approximate surface area is 95.5 Å². The van der Waals surface area contributed by atoms with E-state index in [4.69, 9.17) is 5.73 Å². The van der Waals surface area contributed by atoms with Gasteiger partial charge in [0.2, 0.25) is 0 Å². The van der Waals surface area contributed by atoms with Gasteiger partial charge in [-0.15, -0.1) is 0 Å². The summed E-state index contributed by atoms with van der Waals surface area (Å²) in [4.78, 5) is 0. The molecule has 0 aliphatic rings. The Kier molecular flexibility index (Phi) is 6.15. The van der Waals surface area contributed by atoms with Crippen molar-refractivity contribution in [1.29, 1.82) is 0 Å². The van der Waals surface area contributed by atoms with Crippen molar-refractivity contribution in [3.63, 3.8) is 0 Å². The molecule has 15 heavy (non-hydrogen) atoms. The zero-order valence-electron chi connectivity index (χ0n) is 10.8. The van der Waals surface area contributed by atoms with E-state index in [0.29, 0.717) is 11.8 Å². The molecule has 84 valence electrons. The van der Waals surface area contributed by atoms with Crippen molar-refractivity contribution < 1.29 is 0 Å². The van der Waals surface area contributed by atoms with Gasteiger partial charge in [-0.25, -0.2) is 0 Å².